The highest BCUT2D eigenvalue weighted by molar-refractivity contribution is 14.0. The zero-order chi connectivity index (χ0) is 20.5. The maximum atomic E-state index is 5.52. The molecular formula is C21H41IN6O. The lowest BCUT2D eigenvalue weighted by molar-refractivity contribution is 0.00752. The van der Waals surface area contributed by atoms with Crippen molar-refractivity contribution in [3.05, 3.63) is 17.0 Å². The van der Waals surface area contributed by atoms with Gasteiger partial charge in [-0.2, -0.15) is 5.10 Å². The smallest absolute Gasteiger partial charge is 0.191 e. The lowest BCUT2D eigenvalue weighted by atomic mass is 10.0. The molecule has 1 aliphatic rings. The Morgan fingerprint density at radius 2 is 1.83 bits per heavy atom. The van der Waals surface area contributed by atoms with Crippen molar-refractivity contribution < 1.29 is 4.74 Å². The molecule has 1 saturated heterocycles. The summed E-state index contributed by atoms with van der Waals surface area (Å²) in [6.45, 7) is 17.1. The number of aryl methyl sites for hydroxylation is 2. The van der Waals surface area contributed by atoms with Crippen LogP contribution in [0.25, 0.3) is 0 Å². The second-order valence-electron chi connectivity index (χ2n) is 7.74. The van der Waals surface area contributed by atoms with Gasteiger partial charge < -0.3 is 15.4 Å². The summed E-state index contributed by atoms with van der Waals surface area (Å²) in [6, 6.07) is 0.476. The first kappa shape index (κ1) is 26.2. The number of nitrogens with one attached hydrogen (secondary N) is 2. The third-order valence-corrected chi connectivity index (χ3v) is 5.53. The average Bonchev–Trinajstić information content (AvgIpc) is 3.01. The largest absolute Gasteiger partial charge is 0.379 e. The molecule has 0 saturated carbocycles. The predicted molar refractivity (Wildman–Crippen MR) is 131 cm³/mol. The number of guanidine groups is 1. The maximum Gasteiger partial charge on any atom is 0.191 e. The predicted octanol–water partition coefficient (Wildman–Crippen LogP) is 2.57. The summed E-state index contributed by atoms with van der Waals surface area (Å²) < 4.78 is 7.53. The van der Waals surface area contributed by atoms with E-state index in [0.717, 1.165) is 63.9 Å². The molecule has 7 nitrogen and oxygen atoms in total. The van der Waals surface area contributed by atoms with Gasteiger partial charge in [0.2, 0.25) is 0 Å². The van der Waals surface area contributed by atoms with Crippen molar-refractivity contribution in [1.29, 1.82) is 0 Å². The number of halogens is 1. The van der Waals surface area contributed by atoms with E-state index in [4.69, 9.17) is 9.73 Å². The molecule has 0 aromatic carbocycles. The summed E-state index contributed by atoms with van der Waals surface area (Å²) >= 11 is 0. The van der Waals surface area contributed by atoms with E-state index in [0.29, 0.717) is 18.5 Å². The molecule has 8 heteroatoms. The quantitative estimate of drug-likeness (QED) is 0.298. The van der Waals surface area contributed by atoms with Gasteiger partial charge in [-0.05, 0) is 25.7 Å². The monoisotopic (exact) mass is 520 g/mol. The van der Waals surface area contributed by atoms with Gasteiger partial charge in [0.15, 0.2) is 5.96 Å². The molecular weight excluding hydrogens is 479 g/mol. The van der Waals surface area contributed by atoms with Crippen LogP contribution in [0.4, 0.5) is 0 Å². The third-order valence-electron chi connectivity index (χ3n) is 5.53. The van der Waals surface area contributed by atoms with Crippen molar-refractivity contribution in [3.8, 4) is 0 Å². The number of hydrogen-bond donors (Lipinski definition) is 2. The summed E-state index contributed by atoms with van der Waals surface area (Å²) in [7, 11) is 2.03. The SMILES string of the molecule is CCNC(=NCc1c(CC)nn(C)c1CC)NCC(C(C)C)N1CCOCC1.I. The molecule has 1 aromatic rings. The van der Waals surface area contributed by atoms with E-state index in [1.807, 2.05) is 11.7 Å². The molecule has 1 unspecified atom stereocenters. The van der Waals surface area contributed by atoms with E-state index in [1.165, 1.54) is 11.3 Å². The Labute approximate surface area is 194 Å². The molecule has 2 heterocycles. The Kier molecular flexibility index (Phi) is 12.1. The number of aliphatic imine (C=N–C) groups is 1. The molecule has 0 bridgehead atoms. The van der Waals surface area contributed by atoms with E-state index in [2.05, 4.69) is 55.3 Å². The van der Waals surface area contributed by atoms with Crippen LogP contribution in [0.1, 0.15) is 51.6 Å². The molecule has 29 heavy (non-hydrogen) atoms. The lowest BCUT2D eigenvalue weighted by Crippen LogP contribution is -2.52. The first-order valence-electron chi connectivity index (χ1n) is 10.9. The zero-order valence-corrected chi connectivity index (χ0v) is 21.5. The standard InChI is InChI=1S/C21H40N6O.HI/c1-7-18-17(19(8-2)26(6)25-18)14-23-21(22-9-3)24-15-20(16(4)5)27-10-12-28-13-11-27;/h16,20H,7-15H2,1-6H3,(H2,22,23,24);1H. The number of ether oxygens (including phenoxy) is 1. The number of rotatable bonds is 9. The average molecular weight is 521 g/mol. The molecule has 1 aromatic heterocycles. The molecule has 1 aliphatic heterocycles. The molecule has 2 rings (SSSR count). The van der Waals surface area contributed by atoms with Crippen LogP contribution in [-0.4, -0.2) is 66.1 Å². The second-order valence-corrected chi connectivity index (χ2v) is 7.74. The van der Waals surface area contributed by atoms with Gasteiger partial charge in [-0.15, -0.1) is 24.0 Å². The Hall–Kier alpha value is -0.870. The van der Waals surface area contributed by atoms with Gasteiger partial charge in [-0.1, -0.05) is 27.7 Å². The van der Waals surface area contributed by atoms with Crippen LogP contribution in [-0.2, 0) is 31.2 Å². The Bertz CT molecular complexity index is 625. The molecule has 1 atom stereocenters. The van der Waals surface area contributed by atoms with Crippen LogP contribution in [0.3, 0.4) is 0 Å². The summed E-state index contributed by atoms with van der Waals surface area (Å²) in [6.07, 6.45) is 1.92. The van der Waals surface area contributed by atoms with Gasteiger partial charge in [0.25, 0.3) is 0 Å². The van der Waals surface area contributed by atoms with Crippen LogP contribution in [0.2, 0.25) is 0 Å². The first-order valence-corrected chi connectivity index (χ1v) is 10.9. The summed E-state index contributed by atoms with van der Waals surface area (Å²) in [5.74, 6) is 1.46. The molecule has 0 spiro atoms. The van der Waals surface area contributed by atoms with Gasteiger partial charge in [0, 0.05) is 50.5 Å². The normalized spacial score (nSPS) is 16.6. The summed E-state index contributed by atoms with van der Waals surface area (Å²) in [4.78, 5) is 7.43. The van der Waals surface area contributed by atoms with Gasteiger partial charge in [-0.3, -0.25) is 9.58 Å². The fraction of sp³-hybridized carbons (Fsp3) is 0.810. The van der Waals surface area contributed by atoms with E-state index < -0.39 is 0 Å². The van der Waals surface area contributed by atoms with Gasteiger partial charge in [-0.25, -0.2) is 4.99 Å². The second kappa shape index (κ2) is 13.4. The highest BCUT2D eigenvalue weighted by Gasteiger charge is 2.24. The Balaban J connectivity index is 0.00000420. The molecule has 0 radical (unpaired) electrons. The van der Waals surface area contributed by atoms with Gasteiger partial charge in [0.05, 0.1) is 25.5 Å². The highest BCUT2D eigenvalue weighted by Crippen LogP contribution is 2.17. The molecule has 0 aliphatic carbocycles. The number of nitrogens with zero attached hydrogens (tertiary/aromatic N) is 4. The van der Waals surface area contributed by atoms with E-state index in [-0.39, 0.29) is 24.0 Å². The third kappa shape index (κ3) is 7.40. The lowest BCUT2D eigenvalue weighted by Gasteiger charge is -2.37. The number of aromatic nitrogens is 2. The number of morpholine rings is 1. The first-order chi connectivity index (χ1) is 13.5. The van der Waals surface area contributed by atoms with Crippen molar-refractivity contribution in [2.45, 2.75) is 60.0 Å². The van der Waals surface area contributed by atoms with Gasteiger partial charge in [0.1, 0.15) is 0 Å². The minimum atomic E-state index is 0. The van der Waals surface area contributed by atoms with E-state index >= 15 is 0 Å². The van der Waals surface area contributed by atoms with Crippen molar-refractivity contribution in [2.24, 2.45) is 18.0 Å². The van der Waals surface area contributed by atoms with Crippen LogP contribution >= 0.6 is 24.0 Å². The minimum absolute atomic E-state index is 0. The maximum absolute atomic E-state index is 5.52. The fourth-order valence-electron chi connectivity index (χ4n) is 3.97. The summed E-state index contributed by atoms with van der Waals surface area (Å²) in [5.41, 5.74) is 3.72. The molecule has 1 fully saturated rings. The Morgan fingerprint density at radius 1 is 1.14 bits per heavy atom. The van der Waals surface area contributed by atoms with Crippen molar-refractivity contribution >= 4 is 29.9 Å². The number of hydrogen-bond acceptors (Lipinski definition) is 4. The van der Waals surface area contributed by atoms with Crippen molar-refractivity contribution in [3.63, 3.8) is 0 Å². The van der Waals surface area contributed by atoms with Crippen LogP contribution in [0.15, 0.2) is 4.99 Å². The minimum Gasteiger partial charge on any atom is -0.379 e. The highest BCUT2D eigenvalue weighted by atomic mass is 127. The van der Waals surface area contributed by atoms with E-state index in [9.17, 15) is 0 Å². The van der Waals surface area contributed by atoms with Crippen LogP contribution < -0.4 is 10.6 Å². The summed E-state index contributed by atoms with van der Waals surface area (Å²) in [5, 5.41) is 11.7. The zero-order valence-electron chi connectivity index (χ0n) is 19.1. The van der Waals surface area contributed by atoms with Crippen LogP contribution in [0, 0.1) is 5.92 Å². The topological polar surface area (TPSA) is 66.7 Å². The van der Waals surface area contributed by atoms with E-state index in [1.54, 1.807) is 0 Å². The molecule has 168 valence electrons. The Morgan fingerprint density at radius 3 is 2.38 bits per heavy atom. The molecule has 2 N–H and O–H groups in total. The van der Waals surface area contributed by atoms with Crippen molar-refractivity contribution in [2.75, 3.05) is 39.4 Å². The fourth-order valence-corrected chi connectivity index (χ4v) is 3.97. The van der Waals surface area contributed by atoms with Crippen molar-refractivity contribution in [1.82, 2.24) is 25.3 Å². The van der Waals surface area contributed by atoms with Gasteiger partial charge >= 0.3 is 0 Å². The van der Waals surface area contributed by atoms with Crippen LogP contribution in [0.5, 0.6) is 0 Å². The molecule has 0 amide bonds.